The predicted molar refractivity (Wildman–Crippen MR) is 181 cm³/mol. The molecule has 11 heteroatoms. The first-order valence-corrected chi connectivity index (χ1v) is 18.0. The quantitative estimate of drug-likeness (QED) is 0.218. The van der Waals surface area contributed by atoms with Crippen molar-refractivity contribution in [3.05, 3.63) is 53.0 Å². The topological polar surface area (TPSA) is 68.8 Å². The van der Waals surface area contributed by atoms with E-state index in [1.807, 2.05) is 0 Å². The normalized spacial score (nSPS) is 17.2. The number of hydrogen-bond donors (Lipinski definition) is 2. The lowest BCUT2D eigenvalue weighted by Crippen LogP contribution is -2.52. The SMILES string of the molecule is COc1cc(N2CCC(N3CCN(C)CC3)CC2)ccc1Nc1ncc(Cl)c(Nc2ccc3sccc3c2P(C)C)n1. The Bertz CT molecular complexity index is 1530. The number of fused-ring (bicyclic) bond motifs is 1. The molecule has 6 rings (SSSR count). The van der Waals surface area contributed by atoms with Gasteiger partial charge in [0.25, 0.3) is 0 Å². The van der Waals surface area contributed by atoms with Crippen LogP contribution in [0.5, 0.6) is 5.75 Å². The molecule has 0 unspecified atom stereocenters. The van der Waals surface area contributed by atoms with Crippen molar-refractivity contribution in [1.29, 1.82) is 0 Å². The van der Waals surface area contributed by atoms with Gasteiger partial charge in [0.15, 0.2) is 5.82 Å². The fourth-order valence-corrected chi connectivity index (χ4v) is 8.33. The second-order valence-corrected chi connectivity index (χ2v) is 14.9. The van der Waals surface area contributed by atoms with Gasteiger partial charge in [-0.1, -0.05) is 19.5 Å². The first-order valence-electron chi connectivity index (χ1n) is 14.5. The molecule has 42 heavy (non-hydrogen) atoms. The van der Waals surface area contributed by atoms with E-state index in [4.69, 9.17) is 21.3 Å². The van der Waals surface area contributed by atoms with Crippen LogP contribution >= 0.6 is 30.9 Å². The van der Waals surface area contributed by atoms with Crippen LogP contribution in [0.3, 0.4) is 0 Å². The largest absolute Gasteiger partial charge is 0.494 e. The van der Waals surface area contributed by atoms with Gasteiger partial charge in [0.2, 0.25) is 5.95 Å². The highest BCUT2D eigenvalue weighted by Gasteiger charge is 2.27. The summed E-state index contributed by atoms with van der Waals surface area (Å²) in [6.07, 6.45) is 4.02. The lowest BCUT2D eigenvalue weighted by molar-refractivity contribution is 0.0982. The fourth-order valence-electron chi connectivity index (χ4n) is 6.03. The van der Waals surface area contributed by atoms with Crippen LogP contribution in [0.1, 0.15) is 12.8 Å². The summed E-state index contributed by atoms with van der Waals surface area (Å²) in [6, 6.07) is 13.5. The highest BCUT2D eigenvalue weighted by atomic mass is 35.5. The van der Waals surface area contributed by atoms with E-state index < -0.39 is 0 Å². The van der Waals surface area contributed by atoms with E-state index in [0.29, 0.717) is 22.8 Å². The number of methoxy groups -OCH3 is 1. The van der Waals surface area contributed by atoms with Gasteiger partial charge in [0, 0.05) is 78.1 Å². The maximum absolute atomic E-state index is 6.57. The number of likely N-dealkylation sites (N-methyl/N-ethyl adjacent to an activating group) is 1. The average molecular weight is 624 g/mol. The second-order valence-electron chi connectivity index (χ2n) is 11.3. The average Bonchev–Trinajstić information content (AvgIpc) is 3.48. The van der Waals surface area contributed by atoms with Gasteiger partial charge in [-0.2, -0.15) is 4.98 Å². The third kappa shape index (κ3) is 6.31. The molecule has 0 saturated carbocycles. The lowest BCUT2D eigenvalue weighted by atomic mass is 10.0. The third-order valence-electron chi connectivity index (χ3n) is 8.37. The van der Waals surface area contributed by atoms with Gasteiger partial charge in [-0.25, -0.2) is 4.98 Å². The summed E-state index contributed by atoms with van der Waals surface area (Å²) < 4.78 is 7.09. The Hall–Kier alpha value is -2.68. The van der Waals surface area contributed by atoms with Crippen molar-refractivity contribution in [2.24, 2.45) is 0 Å². The molecule has 0 spiro atoms. The molecular formula is C31H39ClN7OPS. The number of thiophene rings is 1. The van der Waals surface area contributed by atoms with Gasteiger partial charge >= 0.3 is 0 Å². The molecule has 0 atom stereocenters. The lowest BCUT2D eigenvalue weighted by Gasteiger charge is -2.42. The second kappa shape index (κ2) is 12.9. The Kier molecular flexibility index (Phi) is 9.03. The number of piperidine rings is 1. The van der Waals surface area contributed by atoms with Gasteiger partial charge in [0.05, 0.1) is 19.0 Å². The van der Waals surface area contributed by atoms with Gasteiger partial charge in [-0.05, 0) is 68.9 Å². The molecule has 0 radical (unpaired) electrons. The van der Waals surface area contributed by atoms with Crippen molar-refractivity contribution < 1.29 is 4.74 Å². The minimum absolute atomic E-state index is 0.350. The molecular weight excluding hydrogens is 585 g/mol. The first-order chi connectivity index (χ1) is 20.4. The summed E-state index contributed by atoms with van der Waals surface area (Å²) in [7, 11) is 3.57. The van der Waals surface area contributed by atoms with Crippen LogP contribution in [-0.4, -0.2) is 92.6 Å². The molecule has 2 saturated heterocycles. The maximum Gasteiger partial charge on any atom is 0.229 e. The summed E-state index contributed by atoms with van der Waals surface area (Å²) in [5.74, 6) is 1.78. The zero-order chi connectivity index (χ0) is 29.2. The number of nitrogens with one attached hydrogen (secondary N) is 2. The molecule has 2 aliphatic rings. The van der Waals surface area contributed by atoms with Crippen LogP contribution < -0.4 is 25.6 Å². The number of benzene rings is 2. The van der Waals surface area contributed by atoms with Gasteiger partial charge in [0.1, 0.15) is 10.8 Å². The Morgan fingerprint density at radius 3 is 2.48 bits per heavy atom. The predicted octanol–water partition coefficient (Wildman–Crippen LogP) is 6.42. The van der Waals surface area contributed by atoms with Crippen LogP contribution in [0.25, 0.3) is 10.1 Å². The van der Waals surface area contributed by atoms with Crippen molar-refractivity contribution in [2.75, 3.05) is 82.3 Å². The van der Waals surface area contributed by atoms with Crippen LogP contribution in [0, 0.1) is 0 Å². The third-order valence-corrected chi connectivity index (χ3v) is 10.9. The number of piperazine rings is 1. The van der Waals surface area contributed by atoms with Crippen LogP contribution in [0.4, 0.5) is 28.8 Å². The van der Waals surface area contributed by atoms with E-state index >= 15 is 0 Å². The number of hydrogen-bond acceptors (Lipinski definition) is 9. The van der Waals surface area contributed by atoms with Gasteiger partial charge < -0.3 is 25.2 Å². The van der Waals surface area contributed by atoms with Crippen molar-refractivity contribution in [2.45, 2.75) is 18.9 Å². The van der Waals surface area contributed by atoms with Crippen LogP contribution in [-0.2, 0) is 0 Å². The summed E-state index contributed by atoms with van der Waals surface area (Å²) in [5.41, 5.74) is 3.02. The Balaban J connectivity index is 1.15. The van der Waals surface area contributed by atoms with E-state index in [1.165, 1.54) is 60.1 Å². The Morgan fingerprint density at radius 2 is 1.74 bits per heavy atom. The highest BCUT2D eigenvalue weighted by Crippen LogP contribution is 2.37. The van der Waals surface area contributed by atoms with E-state index in [0.717, 1.165) is 30.2 Å². The number of nitrogens with zero attached hydrogens (tertiary/aromatic N) is 5. The molecule has 2 aliphatic heterocycles. The molecule has 2 aromatic carbocycles. The zero-order valence-electron chi connectivity index (χ0n) is 24.7. The van der Waals surface area contributed by atoms with Crippen molar-refractivity contribution in [1.82, 2.24) is 19.8 Å². The molecule has 8 nitrogen and oxygen atoms in total. The Morgan fingerprint density at radius 1 is 0.976 bits per heavy atom. The fraction of sp³-hybridized carbons (Fsp3) is 0.419. The number of rotatable bonds is 8. The van der Waals surface area contributed by atoms with Crippen molar-refractivity contribution in [3.8, 4) is 5.75 Å². The summed E-state index contributed by atoms with van der Waals surface area (Å²) in [5, 5.41) is 12.1. The smallest absolute Gasteiger partial charge is 0.229 e. The number of anilines is 5. The minimum atomic E-state index is -0.350. The zero-order valence-corrected chi connectivity index (χ0v) is 27.2. The molecule has 2 fully saturated rings. The molecule has 0 aliphatic carbocycles. The highest BCUT2D eigenvalue weighted by molar-refractivity contribution is 7.65. The summed E-state index contributed by atoms with van der Waals surface area (Å²) >= 11 is 8.33. The van der Waals surface area contributed by atoms with E-state index in [1.54, 1.807) is 24.6 Å². The molecule has 0 bridgehead atoms. The number of halogens is 1. The maximum atomic E-state index is 6.57. The molecule has 222 valence electrons. The monoisotopic (exact) mass is 623 g/mol. The van der Waals surface area contributed by atoms with Crippen LogP contribution in [0.2, 0.25) is 5.02 Å². The molecule has 4 aromatic rings. The van der Waals surface area contributed by atoms with E-state index in [9.17, 15) is 0 Å². The van der Waals surface area contributed by atoms with Gasteiger partial charge in [-0.15, -0.1) is 11.3 Å². The van der Waals surface area contributed by atoms with E-state index in [2.05, 4.69) is 92.5 Å². The van der Waals surface area contributed by atoms with Crippen molar-refractivity contribution >= 4 is 75.1 Å². The van der Waals surface area contributed by atoms with E-state index in [-0.39, 0.29) is 7.92 Å². The minimum Gasteiger partial charge on any atom is -0.494 e. The van der Waals surface area contributed by atoms with Crippen LogP contribution in [0.15, 0.2) is 48.0 Å². The number of aromatic nitrogens is 2. The first kappa shape index (κ1) is 29.4. The molecule has 4 heterocycles. The van der Waals surface area contributed by atoms with Gasteiger partial charge in [-0.3, -0.25) is 4.90 Å². The molecule has 2 aromatic heterocycles. The summed E-state index contributed by atoms with van der Waals surface area (Å²) in [6.45, 7) is 11.4. The molecule has 2 N–H and O–H groups in total. The standard InChI is InChI=1S/C31H39ClN7OPS/c1-37-14-16-39(17-15-37)21-9-12-38(13-10-21)22-5-6-25(27(19-22)40-2)35-31-33-20-24(32)30(36-31)34-26-7-8-28-23(11-18-42-28)29(26)41(3)4/h5-8,11,18-21H,9-10,12-17H2,1-4H3,(H2,33,34,35,36). The summed E-state index contributed by atoms with van der Waals surface area (Å²) in [4.78, 5) is 16.8. The Labute approximate surface area is 258 Å². The molecule has 0 amide bonds. The van der Waals surface area contributed by atoms with Crippen molar-refractivity contribution in [3.63, 3.8) is 0 Å². The number of ether oxygens (including phenoxy) is 1.